The Labute approximate surface area is 127 Å². The van der Waals surface area contributed by atoms with Crippen LogP contribution in [-0.4, -0.2) is 40.7 Å². The summed E-state index contributed by atoms with van der Waals surface area (Å²) >= 11 is 1.65. The maximum absolute atomic E-state index is 12.2. The average molecular weight is 304 g/mol. The lowest BCUT2D eigenvalue weighted by atomic mass is 9.87. The van der Waals surface area contributed by atoms with Crippen LogP contribution in [-0.2, 0) is 14.3 Å². The van der Waals surface area contributed by atoms with Crippen molar-refractivity contribution < 1.29 is 19.4 Å². The van der Waals surface area contributed by atoms with Gasteiger partial charge in [-0.2, -0.15) is 0 Å². The quantitative estimate of drug-likeness (QED) is 0.663. The first-order chi connectivity index (χ1) is 10.1. The molecule has 1 aliphatic heterocycles. The molecule has 1 saturated heterocycles. The largest absolute Gasteiger partial charge is 0.392 e. The molecule has 1 aromatic carbocycles. The van der Waals surface area contributed by atoms with Gasteiger partial charge in [-0.3, -0.25) is 9.59 Å². The van der Waals surface area contributed by atoms with E-state index in [1.807, 2.05) is 37.3 Å². The third-order valence-electron chi connectivity index (χ3n) is 3.70. The van der Waals surface area contributed by atoms with Crippen LogP contribution in [0.4, 0.5) is 0 Å². The molecule has 0 aromatic heterocycles. The second-order valence-electron chi connectivity index (χ2n) is 5.27. The number of carbonyl (C=O) groups is 2. The summed E-state index contributed by atoms with van der Waals surface area (Å²) in [6.07, 6.45) is -0.774. The molecule has 4 nitrogen and oxygen atoms in total. The van der Waals surface area contributed by atoms with E-state index in [4.69, 9.17) is 4.74 Å². The van der Waals surface area contributed by atoms with E-state index in [2.05, 4.69) is 0 Å². The van der Waals surface area contributed by atoms with Gasteiger partial charge >= 0.3 is 0 Å². The molecule has 0 radical (unpaired) electrons. The van der Waals surface area contributed by atoms with Crippen molar-refractivity contribution in [2.45, 2.75) is 35.7 Å². The second-order valence-corrected chi connectivity index (χ2v) is 6.78. The molecular formula is C16H16O4S. The van der Waals surface area contributed by atoms with Crippen molar-refractivity contribution in [1.29, 1.82) is 0 Å². The summed E-state index contributed by atoms with van der Waals surface area (Å²) in [5.41, 5.74) is 0.677. The molecule has 0 spiro atoms. The fourth-order valence-electron chi connectivity index (χ4n) is 2.61. The number of rotatable bonds is 5. The maximum Gasteiger partial charge on any atom is 0.193 e. The number of hydrogen-bond donors (Lipinski definition) is 1. The molecule has 1 aromatic rings. The van der Waals surface area contributed by atoms with E-state index < -0.39 is 18.8 Å². The van der Waals surface area contributed by atoms with E-state index in [9.17, 15) is 14.7 Å². The third-order valence-corrected chi connectivity index (χ3v) is 4.81. The number of benzene rings is 1. The number of aliphatic hydroxyl groups excluding tert-OH is 1. The molecule has 0 saturated carbocycles. The van der Waals surface area contributed by atoms with Gasteiger partial charge in [-0.15, -0.1) is 11.8 Å². The Morgan fingerprint density at radius 1 is 1.14 bits per heavy atom. The predicted octanol–water partition coefficient (Wildman–Crippen LogP) is 1.77. The van der Waals surface area contributed by atoms with Crippen molar-refractivity contribution in [3.05, 3.63) is 41.5 Å². The smallest absolute Gasteiger partial charge is 0.193 e. The first-order valence-corrected chi connectivity index (χ1v) is 7.78. The van der Waals surface area contributed by atoms with Crippen LogP contribution in [0.3, 0.4) is 0 Å². The minimum Gasteiger partial charge on any atom is -0.392 e. The minimum atomic E-state index is -0.638. The molecule has 1 N–H and O–H groups in total. The Balaban J connectivity index is 1.76. The maximum atomic E-state index is 12.2. The number of fused-ring (bicyclic) bond motifs is 1. The van der Waals surface area contributed by atoms with E-state index in [-0.39, 0.29) is 22.4 Å². The summed E-state index contributed by atoms with van der Waals surface area (Å²) in [4.78, 5) is 25.3. The van der Waals surface area contributed by atoms with Gasteiger partial charge in [0.05, 0.1) is 6.61 Å². The number of hydrogen-bond acceptors (Lipinski definition) is 5. The van der Waals surface area contributed by atoms with Gasteiger partial charge in [-0.25, -0.2) is 0 Å². The van der Waals surface area contributed by atoms with Gasteiger partial charge in [-0.05, 0) is 18.6 Å². The van der Waals surface area contributed by atoms with Gasteiger partial charge in [0.1, 0.15) is 0 Å². The number of thioether (sulfide) groups is 1. The topological polar surface area (TPSA) is 66.9 Å². The van der Waals surface area contributed by atoms with Crippen LogP contribution in [0, 0.1) is 0 Å². The second kappa shape index (κ2) is 5.75. The Hall–Kier alpha value is -1.43. The van der Waals surface area contributed by atoms with E-state index in [1.54, 1.807) is 11.8 Å². The molecule has 3 atom stereocenters. The molecule has 21 heavy (non-hydrogen) atoms. The normalized spacial score (nSPS) is 25.8. The number of Topliss-reactive ketones (excluding diaryl/α,β-unsaturated/α-hetero) is 2. The molecule has 1 unspecified atom stereocenters. The molecule has 0 bridgehead atoms. The van der Waals surface area contributed by atoms with Gasteiger partial charge in [0.2, 0.25) is 0 Å². The van der Waals surface area contributed by atoms with E-state index in [1.165, 1.54) is 0 Å². The predicted molar refractivity (Wildman–Crippen MR) is 79.2 cm³/mol. The highest BCUT2D eigenvalue weighted by Crippen LogP contribution is 2.38. The standard InChI is InChI=1S/C16H16O4S/c1-9(21-10-5-3-2-4-6-10)7-11-12(8-17)14(19)16-15(20-16)13(11)18/h2-6,9,15-17H,7-8H2,1H3/t9?,15-,16+/m0/s1. The molecular weight excluding hydrogens is 288 g/mol. The summed E-state index contributed by atoms with van der Waals surface area (Å²) < 4.78 is 5.11. The van der Waals surface area contributed by atoms with Gasteiger partial charge in [0, 0.05) is 21.3 Å². The lowest BCUT2D eigenvalue weighted by molar-refractivity contribution is -0.120. The molecule has 110 valence electrons. The summed E-state index contributed by atoms with van der Waals surface area (Å²) in [5, 5.41) is 9.53. The van der Waals surface area contributed by atoms with E-state index >= 15 is 0 Å². The zero-order valence-electron chi connectivity index (χ0n) is 11.6. The molecule has 1 aliphatic carbocycles. The number of ketones is 2. The summed E-state index contributed by atoms with van der Waals surface area (Å²) in [7, 11) is 0. The zero-order chi connectivity index (χ0) is 15.0. The van der Waals surface area contributed by atoms with Crippen molar-refractivity contribution in [1.82, 2.24) is 0 Å². The van der Waals surface area contributed by atoms with Gasteiger partial charge in [-0.1, -0.05) is 25.1 Å². The highest BCUT2D eigenvalue weighted by Gasteiger charge is 2.55. The lowest BCUT2D eigenvalue weighted by Gasteiger charge is -2.18. The molecule has 5 heteroatoms. The molecule has 0 amide bonds. The lowest BCUT2D eigenvalue weighted by Crippen LogP contribution is -2.30. The van der Waals surface area contributed by atoms with Crippen LogP contribution in [0.15, 0.2) is 46.4 Å². The first-order valence-electron chi connectivity index (χ1n) is 6.90. The van der Waals surface area contributed by atoms with Crippen LogP contribution in [0.1, 0.15) is 13.3 Å². The van der Waals surface area contributed by atoms with Gasteiger partial charge < -0.3 is 9.84 Å². The molecule has 1 fully saturated rings. The van der Waals surface area contributed by atoms with Gasteiger partial charge in [0.15, 0.2) is 23.8 Å². The van der Waals surface area contributed by atoms with Gasteiger partial charge in [0.25, 0.3) is 0 Å². The Morgan fingerprint density at radius 2 is 1.76 bits per heavy atom. The van der Waals surface area contributed by atoms with E-state index in [0.717, 1.165) is 4.90 Å². The monoisotopic (exact) mass is 304 g/mol. The van der Waals surface area contributed by atoms with E-state index in [0.29, 0.717) is 12.0 Å². The van der Waals surface area contributed by atoms with Crippen LogP contribution in [0.25, 0.3) is 0 Å². The highest BCUT2D eigenvalue weighted by molar-refractivity contribution is 8.00. The van der Waals surface area contributed by atoms with Crippen LogP contribution in [0.5, 0.6) is 0 Å². The van der Waals surface area contributed by atoms with Crippen molar-refractivity contribution in [2.75, 3.05) is 6.61 Å². The summed E-state index contributed by atoms with van der Waals surface area (Å²) in [5.74, 6) is -0.363. The van der Waals surface area contributed by atoms with Crippen molar-refractivity contribution in [3.63, 3.8) is 0 Å². The van der Waals surface area contributed by atoms with Crippen molar-refractivity contribution >= 4 is 23.3 Å². The Morgan fingerprint density at radius 3 is 2.38 bits per heavy atom. The van der Waals surface area contributed by atoms with Crippen molar-refractivity contribution in [3.8, 4) is 0 Å². The number of carbonyl (C=O) groups excluding carboxylic acids is 2. The first kappa shape index (κ1) is 14.5. The summed E-state index contributed by atoms with van der Waals surface area (Å²) in [6, 6.07) is 9.90. The number of aliphatic hydroxyl groups is 1. The van der Waals surface area contributed by atoms with Crippen LogP contribution in [0.2, 0.25) is 0 Å². The Kier molecular flexibility index (Phi) is 3.97. The van der Waals surface area contributed by atoms with Crippen LogP contribution < -0.4 is 0 Å². The Bertz CT molecular complexity index is 608. The molecule has 3 rings (SSSR count). The minimum absolute atomic E-state index is 0.135. The average Bonchev–Trinajstić information content (AvgIpc) is 3.27. The molecule has 1 heterocycles. The molecule has 2 aliphatic rings. The SMILES string of the molecule is CC(CC1=C(CO)C(=O)[C@H]2O[C@H]2C1=O)Sc1ccccc1. The fourth-order valence-corrected chi connectivity index (χ4v) is 3.64. The number of epoxide rings is 1. The van der Waals surface area contributed by atoms with Crippen LogP contribution >= 0.6 is 11.8 Å². The van der Waals surface area contributed by atoms with Crippen molar-refractivity contribution in [2.24, 2.45) is 0 Å². The zero-order valence-corrected chi connectivity index (χ0v) is 12.4. The number of ether oxygens (including phenoxy) is 1. The fraction of sp³-hybridized carbons (Fsp3) is 0.375. The highest BCUT2D eigenvalue weighted by atomic mass is 32.2. The summed E-state index contributed by atoms with van der Waals surface area (Å²) in [6.45, 7) is 1.62. The third kappa shape index (κ3) is 2.81.